The highest BCUT2D eigenvalue weighted by Gasteiger charge is 2.73. The molecule has 150 valence electrons. The molecule has 3 aliphatic rings. The van der Waals surface area contributed by atoms with Crippen LogP contribution in [-0.4, -0.2) is 45.9 Å². The van der Waals surface area contributed by atoms with Crippen LogP contribution >= 0.6 is 0 Å². The van der Waals surface area contributed by atoms with Gasteiger partial charge in [0.15, 0.2) is 0 Å². The number of fused-ring (bicyclic) bond motifs is 1. The van der Waals surface area contributed by atoms with Gasteiger partial charge >= 0.3 is 0 Å². The number of anilines is 1. The van der Waals surface area contributed by atoms with Crippen molar-refractivity contribution < 1.29 is 9.59 Å². The first kappa shape index (κ1) is 19.0. The van der Waals surface area contributed by atoms with Gasteiger partial charge in [0.1, 0.15) is 12.2 Å². The van der Waals surface area contributed by atoms with Gasteiger partial charge in [0.25, 0.3) is 5.91 Å². The SMILES string of the molecule is C/C=C1/C(=O)N(CC(C)(C)C)[C@@H]2C(=O)N(C(C)(C)C)[C@H]3Nc4ccccc4[C@]132. The Labute approximate surface area is 167 Å². The zero-order chi connectivity index (χ0) is 20.6. The Hall–Kier alpha value is -2.30. The highest BCUT2D eigenvalue weighted by atomic mass is 16.2. The van der Waals surface area contributed by atoms with Gasteiger partial charge in [0.2, 0.25) is 5.91 Å². The van der Waals surface area contributed by atoms with Gasteiger partial charge in [-0.05, 0) is 44.7 Å². The summed E-state index contributed by atoms with van der Waals surface area (Å²) in [5.74, 6) is 0.0294. The number of benzene rings is 1. The number of hydrogen-bond donors (Lipinski definition) is 1. The third-order valence-electron chi connectivity index (χ3n) is 6.16. The predicted molar refractivity (Wildman–Crippen MR) is 111 cm³/mol. The molecule has 2 amide bonds. The highest BCUT2D eigenvalue weighted by Crippen LogP contribution is 2.60. The van der Waals surface area contributed by atoms with Crippen LogP contribution in [0.3, 0.4) is 0 Å². The van der Waals surface area contributed by atoms with E-state index in [0.29, 0.717) is 6.54 Å². The summed E-state index contributed by atoms with van der Waals surface area (Å²) < 4.78 is 0. The van der Waals surface area contributed by atoms with E-state index in [9.17, 15) is 9.59 Å². The summed E-state index contributed by atoms with van der Waals surface area (Å²) in [6, 6.07) is 7.62. The minimum absolute atomic E-state index is 0.00663. The van der Waals surface area contributed by atoms with Crippen LogP contribution in [-0.2, 0) is 15.0 Å². The molecule has 4 rings (SSSR count). The zero-order valence-corrected chi connectivity index (χ0v) is 18.0. The Morgan fingerprint density at radius 2 is 1.75 bits per heavy atom. The molecule has 3 atom stereocenters. The Bertz CT molecular complexity index is 890. The third kappa shape index (κ3) is 2.25. The number of carbonyl (C=O) groups is 2. The van der Waals surface area contributed by atoms with Crippen molar-refractivity contribution in [2.24, 2.45) is 5.41 Å². The van der Waals surface area contributed by atoms with E-state index in [1.807, 2.05) is 34.9 Å². The highest BCUT2D eigenvalue weighted by molar-refractivity contribution is 6.10. The lowest BCUT2D eigenvalue weighted by Crippen LogP contribution is -2.54. The normalized spacial score (nSPS) is 30.6. The number of likely N-dealkylation sites (tertiary alicyclic amines) is 2. The Morgan fingerprint density at radius 1 is 1.11 bits per heavy atom. The molecule has 1 spiro atoms. The lowest BCUT2D eigenvalue weighted by molar-refractivity contribution is -0.142. The van der Waals surface area contributed by atoms with E-state index < -0.39 is 11.5 Å². The van der Waals surface area contributed by atoms with E-state index in [-0.39, 0.29) is 28.9 Å². The number of nitrogens with one attached hydrogen (secondary N) is 1. The zero-order valence-electron chi connectivity index (χ0n) is 18.0. The predicted octanol–water partition coefficient (Wildman–Crippen LogP) is 3.52. The lowest BCUT2D eigenvalue weighted by atomic mass is 9.72. The monoisotopic (exact) mass is 381 g/mol. The van der Waals surface area contributed by atoms with Crippen LogP contribution < -0.4 is 5.32 Å². The maximum Gasteiger partial charge on any atom is 0.251 e. The summed E-state index contributed by atoms with van der Waals surface area (Å²) >= 11 is 0. The van der Waals surface area contributed by atoms with Crippen LogP contribution in [0.2, 0.25) is 0 Å². The van der Waals surface area contributed by atoms with Crippen molar-refractivity contribution in [1.29, 1.82) is 0 Å². The molecule has 1 N–H and O–H groups in total. The Kier molecular flexibility index (Phi) is 3.82. The number of amides is 2. The molecule has 28 heavy (non-hydrogen) atoms. The van der Waals surface area contributed by atoms with E-state index in [1.165, 1.54) is 0 Å². The third-order valence-corrected chi connectivity index (χ3v) is 6.16. The van der Waals surface area contributed by atoms with Crippen molar-refractivity contribution in [3.8, 4) is 0 Å². The van der Waals surface area contributed by atoms with Gasteiger partial charge in [0.05, 0.1) is 5.41 Å². The molecule has 5 nitrogen and oxygen atoms in total. The molecule has 3 aliphatic heterocycles. The standard InChI is InChI=1S/C23H31N3O2/c1-8-14-18(27)25(13-21(2,3)4)17-19(28)26(22(5,6)7)20-23(14,17)15-11-9-10-12-16(15)24-20/h8-12,17,20,24H,13H2,1-7H3/b14-8-/t17-,20-,23+/m1/s1. The molecule has 0 saturated carbocycles. The quantitative estimate of drug-likeness (QED) is 0.758. The van der Waals surface area contributed by atoms with Gasteiger partial charge in [-0.3, -0.25) is 9.59 Å². The number of carbonyl (C=O) groups excluding carboxylic acids is 2. The molecule has 0 radical (unpaired) electrons. The second-order valence-electron chi connectivity index (χ2n) is 10.4. The fourth-order valence-electron chi connectivity index (χ4n) is 5.42. The summed E-state index contributed by atoms with van der Waals surface area (Å²) in [7, 11) is 0. The molecular weight excluding hydrogens is 350 g/mol. The summed E-state index contributed by atoms with van der Waals surface area (Å²) in [5, 5.41) is 3.60. The molecule has 0 aliphatic carbocycles. The summed E-state index contributed by atoms with van der Waals surface area (Å²) in [6.07, 6.45) is 1.66. The largest absolute Gasteiger partial charge is 0.364 e. The van der Waals surface area contributed by atoms with Crippen molar-refractivity contribution in [3.63, 3.8) is 0 Å². The maximum atomic E-state index is 13.8. The number of hydrogen-bond acceptors (Lipinski definition) is 3. The molecule has 0 aromatic heterocycles. The van der Waals surface area contributed by atoms with Crippen molar-refractivity contribution in [2.75, 3.05) is 11.9 Å². The van der Waals surface area contributed by atoms with Crippen molar-refractivity contribution in [3.05, 3.63) is 41.5 Å². The number of allylic oxidation sites excluding steroid dienone is 1. The molecule has 2 saturated heterocycles. The van der Waals surface area contributed by atoms with Gasteiger partial charge in [-0.15, -0.1) is 0 Å². The molecule has 0 bridgehead atoms. The number of rotatable bonds is 1. The van der Waals surface area contributed by atoms with Gasteiger partial charge in [-0.25, -0.2) is 0 Å². The van der Waals surface area contributed by atoms with E-state index in [2.05, 4.69) is 59.0 Å². The average Bonchev–Trinajstić information content (AvgIpc) is 3.09. The Balaban J connectivity index is 2.00. The summed E-state index contributed by atoms with van der Waals surface area (Å²) in [4.78, 5) is 31.2. The van der Waals surface area contributed by atoms with Crippen LogP contribution in [0.15, 0.2) is 35.9 Å². The molecule has 5 heteroatoms. The summed E-state index contributed by atoms with van der Waals surface area (Å²) in [5.41, 5.74) is 1.69. The molecule has 2 fully saturated rings. The molecule has 0 unspecified atom stereocenters. The number of para-hydroxylation sites is 1. The molecular formula is C23H31N3O2. The van der Waals surface area contributed by atoms with Crippen LogP contribution in [0.5, 0.6) is 0 Å². The fourth-order valence-corrected chi connectivity index (χ4v) is 5.42. The fraction of sp³-hybridized carbons (Fsp3) is 0.565. The first-order valence-corrected chi connectivity index (χ1v) is 10.1. The van der Waals surface area contributed by atoms with E-state index in [0.717, 1.165) is 16.8 Å². The number of nitrogens with zero attached hydrogens (tertiary/aromatic N) is 2. The van der Waals surface area contributed by atoms with Gasteiger partial charge in [-0.1, -0.05) is 45.0 Å². The van der Waals surface area contributed by atoms with Gasteiger partial charge in [-0.2, -0.15) is 0 Å². The Morgan fingerprint density at radius 3 is 2.32 bits per heavy atom. The van der Waals surface area contributed by atoms with Crippen molar-refractivity contribution in [2.45, 2.75) is 71.6 Å². The van der Waals surface area contributed by atoms with Crippen LogP contribution in [0.25, 0.3) is 0 Å². The van der Waals surface area contributed by atoms with Gasteiger partial charge in [0, 0.05) is 23.3 Å². The second-order valence-corrected chi connectivity index (χ2v) is 10.4. The summed E-state index contributed by atoms with van der Waals surface area (Å²) in [6.45, 7) is 15.0. The maximum absolute atomic E-state index is 13.8. The molecule has 1 aromatic carbocycles. The average molecular weight is 382 g/mol. The van der Waals surface area contributed by atoms with Crippen molar-refractivity contribution in [1.82, 2.24) is 9.80 Å². The van der Waals surface area contributed by atoms with Gasteiger partial charge < -0.3 is 15.1 Å². The van der Waals surface area contributed by atoms with E-state index in [4.69, 9.17) is 0 Å². The van der Waals surface area contributed by atoms with Crippen LogP contribution in [0, 0.1) is 5.41 Å². The smallest absolute Gasteiger partial charge is 0.251 e. The molecule has 1 aromatic rings. The first-order valence-electron chi connectivity index (χ1n) is 10.1. The van der Waals surface area contributed by atoms with Crippen LogP contribution in [0.4, 0.5) is 5.69 Å². The van der Waals surface area contributed by atoms with E-state index >= 15 is 0 Å². The van der Waals surface area contributed by atoms with Crippen LogP contribution in [0.1, 0.15) is 54.0 Å². The lowest BCUT2D eigenvalue weighted by Gasteiger charge is -2.39. The van der Waals surface area contributed by atoms with Crippen molar-refractivity contribution >= 4 is 17.5 Å². The minimum Gasteiger partial charge on any atom is -0.364 e. The first-order chi connectivity index (χ1) is 12.9. The second kappa shape index (κ2) is 5.62. The van der Waals surface area contributed by atoms with E-state index in [1.54, 1.807) is 0 Å². The topological polar surface area (TPSA) is 52.7 Å². The molecule has 3 heterocycles. The minimum atomic E-state index is -0.669.